The lowest BCUT2D eigenvalue weighted by Crippen LogP contribution is -2.40. The summed E-state index contributed by atoms with van der Waals surface area (Å²) in [5.74, 6) is 0.227. The van der Waals surface area contributed by atoms with Gasteiger partial charge < -0.3 is 10.6 Å². The number of hydrogen-bond acceptors (Lipinski definition) is 4. The van der Waals surface area contributed by atoms with Crippen LogP contribution in [0.2, 0.25) is 5.02 Å². The van der Waals surface area contributed by atoms with Crippen molar-refractivity contribution in [2.45, 2.75) is 65.5 Å². The molecule has 2 aromatic heterocycles. The van der Waals surface area contributed by atoms with E-state index in [2.05, 4.69) is 34.6 Å². The smallest absolute Gasteiger partial charge is 0.228 e. The van der Waals surface area contributed by atoms with Crippen molar-refractivity contribution in [3.05, 3.63) is 29.2 Å². The maximum absolute atomic E-state index is 12.8. The largest absolute Gasteiger partial charge is 0.354 e. The van der Waals surface area contributed by atoms with Crippen molar-refractivity contribution in [1.29, 1.82) is 0 Å². The molecular weight excluding hydrogens is 402 g/mol. The summed E-state index contributed by atoms with van der Waals surface area (Å²) in [5.41, 5.74) is 3.16. The van der Waals surface area contributed by atoms with Gasteiger partial charge in [0.1, 0.15) is 5.82 Å². The van der Waals surface area contributed by atoms with E-state index in [-0.39, 0.29) is 29.2 Å². The lowest BCUT2D eigenvalue weighted by Gasteiger charge is -2.28. The van der Waals surface area contributed by atoms with Gasteiger partial charge in [-0.25, -0.2) is 4.98 Å². The Bertz CT molecular complexity index is 984. The van der Waals surface area contributed by atoms with Crippen LogP contribution in [0.5, 0.6) is 0 Å². The fourth-order valence-electron chi connectivity index (χ4n) is 4.66. The minimum absolute atomic E-state index is 0.0537. The summed E-state index contributed by atoms with van der Waals surface area (Å²) in [6, 6.07) is 1.89. The SMILES string of the molecule is CC(=O)N[C@@H]1CCCC(C(=O)Nc2cc(-c3cnn4c3CC(C)(C)C4)c(Cl)cn2)C1. The third kappa shape index (κ3) is 4.36. The lowest BCUT2D eigenvalue weighted by atomic mass is 9.85. The molecule has 1 unspecified atom stereocenters. The molecule has 1 aliphatic heterocycles. The third-order valence-electron chi connectivity index (χ3n) is 6.02. The monoisotopic (exact) mass is 429 g/mol. The van der Waals surface area contributed by atoms with Crippen LogP contribution in [0.3, 0.4) is 0 Å². The predicted octanol–water partition coefficient (Wildman–Crippen LogP) is 3.81. The van der Waals surface area contributed by atoms with E-state index in [0.717, 1.165) is 49.0 Å². The number of nitrogens with one attached hydrogen (secondary N) is 2. The molecule has 2 aliphatic rings. The van der Waals surface area contributed by atoms with Crippen LogP contribution in [-0.4, -0.2) is 32.6 Å². The van der Waals surface area contributed by atoms with Crippen LogP contribution in [0.15, 0.2) is 18.5 Å². The van der Waals surface area contributed by atoms with Gasteiger partial charge in [-0.05, 0) is 37.2 Å². The Balaban J connectivity index is 1.51. The van der Waals surface area contributed by atoms with Gasteiger partial charge in [-0.2, -0.15) is 5.10 Å². The Labute approximate surface area is 181 Å². The normalized spacial score (nSPS) is 22.4. The van der Waals surface area contributed by atoms with Crippen molar-refractivity contribution >= 4 is 29.2 Å². The summed E-state index contributed by atoms with van der Waals surface area (Å²) < 4.78 is 2.04. The highest BCUT2D eigenvalue weighted by atomic mass is 35.5. The van der Waals surface area contributed by atoms with Gasteiger partial charge in [0.15, 0.2) is 0 Å². The molecule has 7 nitrogen and oxygen atoms in total. The number of pyridine rings is 1. The number of carbonyl (C=O) groups excluding carboxylic acids is 2. The molecule has 3 heterocycles. The highest BCUT2D eigenvalue weighted by Gasteiger charge is 2.32. The Morgan fingerprint density at radius 2 is 2.03 bits per heavy atom. The molecule has 1 fully saturated rings. The van der Waals surface area contributed by atoms with Crippen molar-refractivity contribution in [3.8, 4) is 11.1 Å². The molecule has 0 saturated heterocycles. The first-order valence-corrected chi connectivity index (χ1v) is 10.9. The number of rotatable bonds is 4. The van der Waals surface area contributed by atoms with E-state index >= 15 is 0 Å². The van der Waals surface area contributed by atoms with Crippen molar-refractivity contribution in [3.63, 3.8) is 0 Å². The second-order valence-electron chi connectivity index (χ2n) is 9.30. The van der Waals surface area contributed by atoms with E-state index in [1.165, 1.54) is 6.92 Å². The van der Waals surface area contributed by atoms with Gasteiger partial charge in [0.2, 0.25) is 11.8 Å². The second kappa shape index (κ2) is 8.02. The summed E-state index contributed by atoms with van der Waals surface area (Å²) in [6.07, 6.45) is 7.65. The van der Waals surface area contributed by atoms with E-state index in [1.54, 1.807) is 6.20 Å². The average Bonchev–Trinajstić information content (AvgIpc) is 3.18. The molecule has 8 heteroatoms. The Morgan fingerprint density at radius 3 is 2.80 bits per heavy atom. The van der Waals surface area contributed by atoms with Crippen molar-refractivity contribution < 1.29 is 9.59 Å². The Morgan fingerprint density at radius 1 is 1.23 bits per heavy atom. The molecule has 4 rings (SSSR count). The third-order valence-corrected chi connectivity index (χ3v) is 6.32. The molecule has 160 valence electrons. The number of halogens is 1. The number of amides is 2. The summed E-state index contributed by atoms with van der Waals surface area (Å²) in [4.78, 5) is 28.5. The molecule has 1 saturated carbocycles. The molecule has 0 spiro atoms. The first kappa shape index (κ1) is 20.8. The van der Waals surface area contributed by atoms with Crippen LogP contribution in [0.4, 0.5) is 5.82 Å². The Hall–Kier alpha value is -2.41. The Kier molecular flexibility index (Phi) is 5.57. The van der Waals surface area contributed by atoms with Gasteiger partial charge in [-0.1, -0.05) is 31.9 Å². The number of carbonyl (C=O) groups is 2. The molecule has 0 radical (unpaired) electrons. The van der Waals surface area contributed by atoms with Gasteiger partial charge >= 0.3 is 0 Å². The van der Waals surface area contributed by atoms with E-state index in [1.807, 2.05) is 16.9 Å². The first-order valence-electron chi connectivity index (χ1n) is 10.5. The van der Waals surface area contributed by atoms with Gasteiger partial charge in [0.25, 0.3) is 0 Å². The second-order valence-corrected chi connectivity index (χ2v) is 9.71. The molecule has 1 aliphatic carbocycles. The minimum atomic E-state index is -0.141. The van der Waals surface area contributed by atoms with Crippen LogP contribution in [-0.2, 0) is 22.6 Å². The van der Waals surface area contributed by atoms with Crippen LogP contribution >= 0.6 is 11.6 Å². The van der Waals surface area contributed by atoms with Gasteiger partial charge in [-0.15, -0.1) is 0 Å². The maximum atomic E-state index is 12.8. The fraction of sp³-hybridized carbons (Fsp3) is 0.545. The molecule has 2 N–H and O–H groups in total. The topological polar surface area (TPSA) is 88.9 Å². The van der Waals surface area contributed by atoms with Crippen molar-refractivity contribution in [2.75, 3.05) is 5.32 Å². The molecular formula is C22H28ClN5O2. The summed E-state index contributed by atoms with van der Waals surface area (Å²) >= 11 is 6.46. The summed E-state index contributed by atoms with van der Waals surface area (Å²) in [5, 5.41) is 10.9. The zero-order valence-corrected chi connectivity index (χ0v) is 18.4. The van der Waals surface area contributed by atoms with E-state index in [9.17, 15) is 9.59 Å². The number of aromatic nitrogens is 3. The van der Waals surface area contributed by atoms with Crippen LogP contribution in [0, 0.1) is 11.3 Å². The predicted molar refractivity (Wildman–Crippen MR) is 116 cm³/mol. The number of nitrogens with zero attached hydrogens (tertiary/aromatic N) is 3. The van der Waals surface area contributed by atoms with E-state index in [4.69, 9.17) is 11.6 Å². The number of hydrogen-bond donors (Lipinski definition) is 2. The highest BCUT2D eigenvalue weighted by Crippen LogP contribution is 2.39. The van der Waals surface area contributed by atoms with Gasteiger partial charge in [0.05, 0.1) is 11.2 Å². The maximum Gasteiger partial charge on any atom is 0.228 e. The summed E-state index contributed by atoms with van der Waals surface area (Å²) in [7, 11) is 0. The molecule has 2 amide bonds. The zero-order valence-electron chi connectivity index (χ0n) is 17.7. The highest BCUT2D eigenvalue weighted by molar-refractivity contribution is 6.33. The fourth-order valence-corrected chi connectivity index (χ4v) is 4.87. The van der Waals surface area contributed by atoms with Crippen molar-refractivity contribution in [2.24, 2.45) is 11.3 Å². The van der Waals surface area contributed by atoms with Gasteiger partial charge in [0, 0.05) is 48.4 Å². The molecule has 2 atom stereocenters. The standard InChI is InChI=1S/C22H28ClN5O2/c1-13(29)26-15-6-4-5-14(7-15)21(30)27-20-8-16(18(23)11-24-20)17-10-25-28-12-22(2,3)9-19(17)28/h8,10-11,14-15H,4-7,9,12H2,1-3H3,(H,26,29)(H,24,27,30)/t14?,15-/m1/s1. The lowest BCUT2D eigenvalue weighted by molar-refractivity contribution is -0.123. The molecule has 30 heavy (non-hydrogen) atoms. The molecule has 0 aromatic carbocycles. The molecule has 0 bridgehead atoms. The minimum Gasteiger partial charge on any atom is -0.354 e. The quantitative estimate of drug-likeness (QED) is 0.773. The van der Waals surface area contributed by atoms with Crippen molar-refractivity contribution in [1.82, 2.24) is 20.1 Å². The van der Waals surface area contributed by atoms with Gasteiger partial charge in [-0.3, -0.25) is 14.3 Å². The van der Waals surface area contributed by atoms with Crippen LogP contribution in [0.25, 0.3) is 11.1 Å². The zero-order chi connectivity index (χ0) is 21.5. The number of anilines is 1. The van der Waals surface area contributed by atoms with Crippen LogP contribution < -0.4 is 10.6 Å². The van der Waals surface area contributed by atoms with Crippen LogP contribution in [0.1, 0.15) is 52.1 Å². The first-order chi connectivity index (χ1) is 14.2. The molecule has 2 aromatic rings. The number of fused-ring (bicyclic) bond motifs is 1. The van der Waals surface area contributed by atoms with E-state index < -0.39 is 0 Å². The average molecular weight is 430 g/mol. The summed E-state index contributed by atoms with van der Waals surface area (Å²) in [6.45, 7) is 6.84. The van der Waals surface area contributed by atoms with E-state index in [0.29, 0.717) is 17.3 Å².